The van der Waals surface area contributed by atoms with Gasteiger partial charge in [-0.15, -0.1) is 35.3 Å². The highest BCUT2D eigenvalue weighted by molar-refractivity contribution is 14.0. The molecule has 0 spiro atoms. The maximum Gasteiger partial charge on any atom is 0.191 e. The zero-order valence-electron chi connectivity index (χ0n) is 17.0. The number of hydrogen-bond donors (Lipinski definition) is 3. The second-order valence-electron chi connectivity index (χ2n) is 6.74. The molecular formula is C21H29IN4O2S. The molecule has 2 aromatic heterocycles. The molecule has 1 aromatic carbocycles. The first-order valence-corrected chi connectivity index (χ1v) is 10.5. The molecule has 0 radical (unpaired) electrons. The van der Waals surface area contributed by atoms with Crippen molar-refractivity contribution in [1.82, 2.24) is 15.8 Å². The van der Waals surface area contributed by atoms with Crippen LogP contribution in [-0.4, -0.2) is 29.8 Å². The zero-order valence-corrected chi connectivity index (χ0v) is 20.2. The molecule has 1 atom stereocenters. The summed E-state index contributed by atoms with van der Waals surface area (Å²) in [5, 5.41) is 22.2. The molecule has 0 saturated heterocycles. The number of fused-ring (bicyclic) bond motifs is 1. The molecule has 6 nitrogen and oxygen atoms in total. The van der Waals surface area contributed by atoms with Gasteiger partial charge in [0.15, 0.2) is 11.7 Å². The zero-order chi connectivity index (χ0) is 19.9. The Morgan fingerprint density at radius 2 is 1.97 bits per heavy atom. The van der Waals surface area contributed by atoms with Crippen LogP contribution >= 0.6 is 35.3 Å². The summed E-state index contributed by atoms with van der Waals surface area (Å²) < 4.78 is 6.61. The number of benzene rings is 1. The van der Waals surface area contributed by atoms with Crippen molar-refractivity contribution in [1.29, 1.82) is 0 Å². The van der Waals surface area contributed by atoms with E-state index in [0.29, 0.717) is 25.0 Å². The predicted molar refractivity (Wildman–Crippen MR) is 130 cm³/mol. The number of hydrogen-bond acceptors (Lipinski definition) is 5. The average Bonchev–Trinajstić information content (AvgIpc) is 3.36. The number of rotatable bonds is 8. The fraction of sp³-hybridized carbons (Fsp3) is 0.429. The molecule has 0 fully saturated rings. The topological polar surface area (TPSA) is 82.7 Å². The summed E-state index contributed by atoms with van der Waals surface area (Å²) in [5.41, 5.74) is 1.00. The molecule has 0 aliphatic rings. The summed E-state index contributed by atoms with van der Waals surface area (Å²) in [5.74, 6) is 1.82. The van der Waals surface area contributed by atoms with E-state index in [4.69, 9.17) is 4.52 Å². The minimum atomic E-state index is -0.595. The molecule has 3 N–H and O–H groups in total. The van der Waals surface area contributed by atoms with Crippen LogP contribution in [0.4, 0.5) is 0 Å². The molecule has 3 aromatic rings. The minimum absolute atomic E-state index is 0. The second-order valence-corrected chi connectivity index (χ2v) is 7.86. The summed E-state index contributed by atoms with van der Waals surface area (Å²) in [6, 6.07) is 12.2. The lowest BCUT2D eigenvalue weighted by Gasteiger charge is -2.13. The summed E-state index contributed by atoms with van der Waals surface area (Å²) in [6.07, 6.45) is 1.51. The molecule has 8 heteroatoms. The van der Waals surface area contributed by atoms with E-state index in [1.165, 1.54) is 4.70 Å². The van der Waals surface area contributed by atoms with E-state index in [-0.39, 0.29) is 24.0 Å². The predicted octanol–water partition coefficient (Wildman–Crippen LogP) is 4.81. The van der Waals surface area contributed by atoms with Crippen LogP contribution in [0.2, 0.25) is 0 Å². The molecule has 0 amide bonds. The van der Waals surface area contributed by atoms with Crippen molar-refractivity contribution in [2.45, 2.75) is 45.3 Å². The molecule has 0 aliphatic carbocycles. The third-order valence-electron chi connectivity index (χ3n) is 4.87. The van der Waals surface area contributed by atoms with Gasteiger partial charge in [0.2, 0.25) is 0 Å². The van der Waals surface area contributed by atoms with Crippen molar-refractivity contribution in [2.75, 3.05) is 13.6 Å². The molecule has 0 bridgehead atoms. The van der Waals surface area contributed by atoms with E-state index in [9.17, 15) is 5.11 Å². The number of halogens is 1. The van der Waals surface area contributed by atoms with Crippen LogP contribution in [0.5, 0.6) is 0 Å². The van der Waals surface area contributed by atoms with Gasteiger partial charge in [0.05, 0.1) is 12.2 Å². The van der Waals surface area contributed by atoms with E-state index in [1.54, 1.807) is 18.4 Å². The SMILES string of the molecule is CCC(CC)c1cc(CNC(=NC)NCC(O)c2cc3ccccc3s2)on1.I. The van der Waals surface area contributed by atoms with Gasteiger partial charge >= 0.3 is 0 Å². The number of thiophene rings is 1. The normalized spacial score (nSPS) is 12.8. The van der Waals surface area contributed by atoms with Gasteiger partial charge in [-0.05, 0) is 30.4 Å². The Morgan fingerprint density at radius 1 is 1.21 bits per heavy atom. The van der Waals surface area contributed by atoms with Gasteiger partial charge in [-0.3, -0.25) is 4.99 Å². The summed E-state index contributed by atoms with van der Waals surface area (Å²) in [4.78, 5) is 5.15. The van der Waals surface area contributed by atoms with Gasteiger partial charge in [-0.2, -0.15) is 0 Å². The Kier molecular flexibility index (Phi) is 9.38. The van der Waals surface area contributed by atoms with E-state index < -0.39 is 6.10 Å². The van der Waals surface area contributed by atoms with Gasteiger partial charge in [0, 0.05) is 35.2 Å². The summed E-state index contributed by atoms with van der Waals surface area (Å²) in [6.45, 7) is 5.19. The smallest absolute Gasteiger partial charge is 0.191 e. The maximum atomic E-state index is 10.5. The average molecular weight is 528 g/mol. The van der Waals surface area contributed by atoms with Crippen molar-refractivity contribution in [3.8, 4) is 0 Å². The Bertz CT molecular complexity index is 887. The first kappa shape index (κ1) is 23.6. The highest BCUT2D eigenvalue weighted by Crippen LogP contribution is 2.29. The lowest BCUT2D eigenvalue weighted by molar-refractivity contribution is 0.184. The third-order valence-corrected chi connectivity index (χ3v) is 6.09. The largest absolute Gasteiger partial charge is 0.386 e. The first-order chi connectivity index (χ1) is 13.6. The number of guanidine groups is 1. The van der Waals surface area contributed by atoms with Gasteiger partial charge in [0.25, 0.3) is 0 Å². The van der Waals surface area contributed by atoms with Crippen molar-refractivity contribution >= 4 is 51.4 Å². The fourth-order valence-corrected chi connectivity index (χ4v) is 4.21. The second kappa shape index (κ2) is 11.5. The van der Waals surface area contributed by atoms with Gasteiger partial charge in [-0.1, -0.05) is 37.2 Å². The lowest BCUT2D eigenvalue weighted by Crippen LogP contribution is -2.38. The van der Waals surface area contributed by atoms with Gasteiger partial charge in [-0.25, -0.2) is 0 Å². The Labute approximate surface area is 192 Å². The highest BCUT2D eigenvalue weighted by atomic mass is 127. The van der Waals surface area contributed by atoms with Crippen molar-refractivity contribution in [3.05, 3.63) is 52.7 Å². The number of nitrogens with zero attached hydrogens (tertiary/aromatic N) is 2. The van der Waals surface area contributed by atoms with Crippen LogP contribution < -0.4 is 10.6 Å². The summed E-state index contributed by atoms with van der Waals surface area (Å²) in [7, 11) is 1.71. The summed E-state index contributed by atoms with van der Waals surface area (Å²) >= 11 is 1.61. The van der Waals surface area contributed by atoms with Crippen LogP contribution in [0, 0.1) is 0 Å². The molecule has 0 saturated carbocycles. The Balaban J connectivity index is 0.00000300. The van der Waals surface area contributed by atoms with Crippen molar-refractivity contribution in [3.63, 3.8) is 0 Å². The molecule has 29 heavy (non-hydrogen) atoms. The minimum Gasteiger partial charge on any atom is -0.386 e. The Hall–Kier alpha value is -1.65. The van der Waals surface area contributed by atoms with E-state index in [0.717, 1.165) is 34.6 Å². The third kappa shape index (κ3) is 6.16. The van der Waals surface area contributed by atoms with E-state index in [1.807, 2.05) is 24.3 Å². The molecule has 3 rings (SSSR count). The Morgan fingerprint density at radius 3 is 2.66 bits per heavy atom. The molecule has 2 heterocycles. The molecular weight excluding hydrogens is 499 g/mol. The number of aliphatic hydroxyl groups excluding tert-OH is 1. The van der Waals surface area contributed by atoms with Crippen LogP contribution in [0.1, 0.15) is 55.0 Å². The maximum absolute atomic E-state index is 10.5. The number of aliphatic hydroxyl groups is 1. The number of aliphatic imine (C=N–C) groups is 1. The van der Waals surface area contributed by atoms with Crippen LogP contribution in [0.25, 0.3) is 10.1 Å². The quantitative estimate of drug-likeness (QED) is 0.222. The fourth-order valence-electron chi connectivity index (χ4n) is 3.16. The van der Waals surface area contributed by atoms with Crippen LogP contribution in [-0.2, 0) is 6.54 Å². The van der Waals surface area contributed by atoms with E-state index in [2.05, 4.69) is 46.8 Å². The highest BCUT2D eigenvalue weighted by Gasteiger charge is 2.14. The van der Waals surface area contributed by atoms with Gasteiger partial charge in [0.1, 0.15) is 6.10 Å². The molecule has 0 aliphatic heterocycles. The van der Waals surface area contributed by atoms with Crippen LogP contribution in [0.3, 0.4) is 0 Å². The van der Waals surface area contributed by atoms with Crippen molar-refractivity contribution < 1.29 is 9.63 Å². The number of nitrogens with one attached hydrogen (secondary N) is 2. The molecule has 1 unspecified atom stereocenters. The standard InChI is InChI=1S/C21H28N4O2S.HI/c1-4-14(5-2)17-11-16(27-25-17)12-23-21(22-3)24-13-18(26)20-10-15-8-6-7-9-19(15)28-20;/h6-11,14,18,26H,4-5,12-13H2,1-3H3,(H2,22,23,24);1H. The van der Waals surface area contributed by atoms with E-state index >= 15 is 0 Å². The lowest BCUT2D eigenvalue weighted by atomic mass is 9.99. The first-order valence-electron chi connectivity index (χ1n) is 9.71. The number of aromatic nitrogens is 1. The van der Waals surface area contributed by atoms with Crippen LogP contribution in [0.15, 0.2) is 45.9 Å². The molecule has 158 valence electrons. The van der Waals surface area contributed by atoms with Gasteiger partial charge < -0.3 is 20.3 Å². The van der Waals surface area contributed by atoms with Crippen molar-refractivity contribution in [2.24, 2.45) is 4.99 Å². The monoisotopic (exact) mass is 528 g/mol.